The maximum absolute atomic E-state index is 12.5. The standard InChI is InChI=1S/C12H9ClF3NO2S/c13-11(17-9(7-20-11)12(14,15)16)10(18)19-6-8-4-2-1-3-5-8/h1-5,7,17H,6H2. The summed E-state index contributed by atoms with van der Waals surface area (Å²) in [7, 11) is 0. The lowest BCUT2D eigenvalue weighted by Gasteiger charge is -2.21. The molecule has 3 nitrogen and oxygen atoms in total. The SMILES string of the molecule is O=C(OCc1ccccc1)C1(Cl)NC(C(F)(F)F)=CS1. The summed E-state index contributed by atoms with van der Waals surface area (Å²) in [5.41, 5.74) is -0.345. The number of esters is 1. The number of carbonyl (C=O) groups excluding carboxylic acids is 1. The number of thioether (sulfide) groups is 1. The highest BCUT2D eigenvalue weighted by atomic mass is 35.5. The number of hydrogen-bond donors (Lipinski definition) is 1. The second-order valence-electron chi connectivity index (χ2n) is 3.93. The van der Waals surface area contributed by atoms with Crippen LogP contribution in [-0.4, -0.2) is 16.5 Å². The molecule has 0 aliphatic carbocycles. The van der Waals surface area contributed by atoms with E-state index in [2.05, 4.69) is 0 Å². The molecule has 1 aliphatic heterocycles. The van der Waals surface area contributed by atoms with Crippen LogP contribution >= 0.6 is 23.4 Å². The van der Waals surface area contributed by atoms with Crippen LogP contribution in [0.3, 0.4) is 0 Å². The molecule has 1 aliphatic rings. The van der Waals surface area contributed by atoms with Gasteiger partial charge < -0.3 is 10.1 Å². The Morgan fingerprint density at radius 3 is 2.55 bits per heavy atom. The van der Waals surface area contributed by atoms with Crippen LogP contribution < -0.4 is 5.32 Å². The van der Waals surface area contributed by atoms with E-state index in [9.17, 15) is 18.0 Å². The number of carbonyl (C=O) groups is 1. The van der Waals surface area contributed by atoms with Crippen LogP contribution in [0.5, 0.6) is 0 Å². The average Bonchev–Trinajstić information content (AvgIpc) is 2.81. The molecule has 0 saturated carbocycles. The van der Waals surface area contributed by atoms with Crippen LogP contribution in [0.15, 0.2) is 41.4 Å². The molecule has 1 N–H and O–H groups in total. The van der Waals surface area contributed by atoms with Crippen molar-refractivity contribution in [3.05, 3.63) is 47.0 Å². The summed E-state index contributed by atoms with van der Waals surface area (Å²) in [6, 6.07) is 8.75. The first kappa shape index (κ1) is 15.1. The molecule has 8 heteroatoms. The maximum Gasteiger partial charge on any atom is 0.431 e. The van der Waals surface area contributed by atoms with E-state index in [0.717, 1.165) is 5.41 Å². The lowest BCUT2D eigenvalue weighted by atomic mass is 10.2. The van der Waals surface area contributed by atoms with Gasteiger partial charge in [-0.2, -0.15) is 13.2 Å². The molecule has 108 valence electrons. The molecular weight excluding hydrogens is 315 g/mol. The van der Waals surface area contributed by atoms with Crippen LogP contribution in [0.2, 0.25) is 0 Å². The molecule has 0 amide bonds. The zero-order valence-corrected chi connectivity index (χ0v) is 11.5. The van der Waals surface area contributed by atoms with Crippen molar-refractivity contribution in [1.29, 1.82) is 0 Å². The highest BCUT2D eigenvalue weighted by molar-refractivity contribution is 8.05. The Morgan fingerprint density at radius 1 is 1.35 bits per heavy atom. The van der Waals surface area contributed by atoms with E-state index < -0.39 is 22.2 Å². The van der Waals surface area contributed by atoms with Gasteiger partial charge in [-0.1, -0.05) is 53.7 Å². The van der Waals surface area contributed by atoms with Crippen molar-refractivity contribution < 1.29 is 22.7 Å². The van der Waals surface area contributed by atoms with Gasteiger partial charge in [-0.25, -0.2) is 4.79 Å². The molecular formula is C12H9ClF3NO2S. The molecule has 1 heterocycles. The zero-order chi connectivity index (χ0) is 14.8. The highest BCUT2D eigenvalue weighted by Gasteiger charge is 2.49. The fourth-order valence-electron chi connectivity index (χ4n) is 1.43. The van der Waals surface area contributed by atoms with Gasteiger partial charge >= 0.3 is 12.1 Å². The van der Waals surface area contributed by atoms with E-state index in [1.807, 2.05) is 5.32 Å². The fraction of sp³-hybridized carbons (Fsp3) is 0.250. The first-order chi connectivity index (χ1) is 9.31. The van der Waals surface area contributed by atoms with Crippen molar-refractivity contribution in [2.45, 2.75) is 17.1 Å². The summed E-state index contributed by atoms with van der Waals surface area (Å²) in [6.07, 6.45) is -4.58. The van der Waals surface area contributed by atoms with Crippen molar-refractivity contribution in [1.82, 2.24) is 5.32 Å². The summed E-state index contributed by atoms with van der Waals surface area (Å²) in [6.45, 7) is -0.0578. The minimum absolute atomic E-state index is 0.0578. The molecule has 0 spiro atoms. The summed E-state index contributed by atoms with van der Waals surface area (Å²) < 4.78 is 40.3. The number of halogens is 4. The van der Waals surface area contributed by atoms with E-state index >= 15 is 0 Å². The Morgan fingerprint density at radius 2 is 2.00 bits per heavy atom. The van der Waals surface area contributed by atoms with Gasteiger partial charge in [0.05, 0.1) is 0 Å². The molecule has 1 atom stereocenters. The van der Waals surface area contributed by atoms with Crippen molar-refractivity contribution in [2.24, 2.45) is 0 Å². The number of nitrogens with one attached hydrogen (secondary N) is 1. The van der Waals surface area contributed by atoms with Crippen LogP contribution in [0.4, 0.5) is 13.2 Å². The van der Waals surface area contributed by atoms with Crippen molar-refractivity contribution in [3.63, 3.8) is 0 Å². The molecule has 0 bridgehead atoms. The van der Waals surface area contributed by atoms with Crippen molar-refractivity contribution >= 4 is 29.3 Å². The number of rotatable bonds is 3. The number of alkyl halides is 4. The largest absolute Gasteiger partial charge is 0.457 e. The van der Waals surface area contributed by atoms with Crippen LogP contribution in [0.25, 0.3) is 0 Å². The number of allylic oxidation sites excluding steroid dienone is 1. The first-order valence-electron chi connectivity index (χ1n) is 5.45. The molecule has 20 heavy (non-hydrogen) atoms. The molecule has 0 aromatic heterocycles. The van der Waals surface area contributed by atoms with E-state index in [-0.39, 0.29) is 6.61 Å². The monoisotopic (exact) mass is 323 g/mol. The number of benzene rings is 1. The van der Waals surface area contributed by atoms with Crippen molar-refractivity contribution in [3.8, 4) is 0 Å². The smallest absolute Gasteiger partial charge is 0.431 e. The highest BCUT2D eigenvalue weighted by Crippen LogP contribution is 2.41. The third-order valence-corrected chi connectivity index (χ3v) is 3.88. The Kier molecular flexibility index (Phi) is 4.19. The van der Waals surface area contributed by atoms with Crippen LogP contribution in [0, 0.1) is 0 Å². The minimum atomic E-state index is -4.58. The predicted molar refractivity (Wildman–Crippen MR) is 69.7 cm³/mol. The predicted octanol–water partition coefficient (Wildman–Crippen LogP) is 3.36. The van der Waals surface area contributed by atoms with E-state index in [1.165, 1.54) is 0 Å². The molecule has 0 saturated heterocycles. The van der Waals surface area contributed by atoms with Crippen LogP contribution in [-0.2, 0) is 16.1 Å². The minimum Gasteiger partial charge on any atom is -0.457 e. The van der Waals surface area contributed by atoms with Gasteiger partial charge in [-0.15, -0.1) is 0 Å². The van der Waals surface area contributed by atoms with E-state index in [4.69, 9.17) is 16.3 Å². The van der Waals surface area contributed by atoms with Gasteiger partial charge in [-0.05, 0) is 5.56 Å². The number of ether oxygens (including phenoxy) is 1. The Labute approximate surface area is 122 Å². The Hall–Kier alpha value is -1.34. The topological polar surface area (TPSA) is 38.3 Å². The Balaban J connectivity index is 1.94. The van der Waals surface area contributed by atoms with E-state index in [0.29, 0.717) is 17.3 Å². The summed E-state index contributed by atoms with van der Waals surface area (Å²) >= 11 is 6.33. The maximum atomic E-state index is 12.5. The van der Waals surface area contributed by atoms with Gasteiger partial charge in [-0.3, -0.25) is 0 Å². The van der Waals surface area contributed by atoms with E-state index in [1.54, 1.807) is 30.3 Å². The number of hydrogen-bond acceptors (Lipinski definition) is 4. The summed E-state index contributed by atoms with van der Waals surface area (Å²) in [4.78, 5) is 11.8. The first-order valence-corrected chi connectivity index (χ1v) is 6.70. The lowest BCUT2D eigenvalue weighted by Crippen LogP contribution is -2.43. The third kappa shape index (κ3) is 3.40. The van der Waals surface area contributed by atoms with Gasteiger partial charge in [0, 0.05) is 5.41 Å². The quantitative estimate of drug-likeness (QED) is 0.526. The normalized spacial score (nSPS) is 22.1. The molecule has 0 fully saturated rings. The van der Waals surface area contributed by atoms with Gasteiger partial charge in [0.2, 0.25) is 0 Å². The molecule has 1 aromatic rings. The van der Waals surface area contributed by atoms with Gasteiger partial charge in [0.25, 0.3) is 4.33 Å². The molecule has 1 unspecified atom stereocenters. The molecule has 2 rings (SSSR count). The van der Waals surface area contributed by atoms with Crippen molar-refractivity contribution in [2.75, 3.05) is 0 Å². The fourth-order valence-corrected chi connectivity index (χ4v) is 2.51. The third-order valence-electron chi connectivity index (χ3n) is 2.42. The zero-order valence-electron chi connectivity index (χ0n) is 9.91. The van der Waals surface area contributed by atoms with Gasteiger partial charge in [0.15, 0.2) is 0 Å². The van der Waals surface area contributed by atoms with Gasteiger partial charge in [0.1, 0.15) is 12.3 Å². The summed E-state index contributed by atoms with van der Waals surface area (Å²) in [5.74, 6) is -0.969. The Bertz CT molecular complexity index is 535. The average molecular weight is 324 g/mol. The van der Waals surface area contributed by atoms with Crippen LogP contribution in [0.1, 0.15) is 5.56 Å². The second-order valence-corrected chi connectivity index (χ2v) is 5.80. The lowest BCUT2D eigenvalue weighted by molar-refractivity contribution is -0.146. The summed E-state index contributed by atoms with van der Waals surface area (Å²) in [5, 5.41) is 2.69. The second kappa shape index (κ2) is 5.57. The molecule has 1 aromatic carbocycles. The molecule has 0 radical (unpaired) electrons.